The number of hydrogen-bond donors (Lipinski definition) is 2. The summed E-state index contributed by atoms with van der Waals surface area (Å²) in [6, 6.07) is 0. The number of hydrogen-bond acceptors (Lipinski definition) is 3. The number of rotatable bonds is 8. The van der Waals surface area contributed by atoms with Crippen LogP contribution >= 0.6 is 0 Å². The summed E-state index contributed by atoms with van der Waals surface area (Å²) < 4.78 is 0. The summed E-state index contributed by atoms with van der Waals surface area (Å²) in [4.78, 5) is 12.8. The summed E-state index contributed by atoms with van der Waals surface area (Å²) in [6.45, 7) is 4.63. The van der Waals surface area contributed by atoms with Crippen molar-refractivity contribution in [2.45, 2.75) is 57.8 Å². The van der Waals surface area contributed by atoms with Gasteiger partial charge in [0.1, 0.15) is 0 Å². The second-order valence-electron chi connectivity index (χ2n) is 6.94. The fourth-order valence-electron chi connectivity index (χ4n) is 3.84. The van der Waals surface area contributed by atoms with Gasteiger partial charge in [0.15, 0.2) is 0 Å². The first-order valence-corrected chi connectivity index (χ1v) is 8.89. The Morgan fingerprint density at radius 3 is 2.10 bits per heavy atom. The topological polar surface area (TPSA) is 52.6 Å². The van der Waals surface area contributed by atoms with Crippen molar-refractivity contribution in [3.05, 3.63) is 0 Å². The summed E-state index contributed by atoms with van der Waals surface area (Å²) in [7, 11) is 0. The largest absolute Gasteiger partial charge is 0.480 e. The molecule has 0 spiro atoms. The maximum Gasteiger partial charge on any atom is 0.317 e. The Kier molecular flexibility index (Phi) is 7.51. The second-order valence-corrected chi connectivity index (χ2v) is 6.94. The zero-order valence-electron chi connectivity index (χ0n) is 13.4. The number of unbranched alkanes of at least 4 members (excludes halogenated alkanes) is 2. The molecule has 0 aromatic heterocycles. The predicted octanol–water partition coefficient (Wildman–Crippen LogP) is 2.73. The molecule has 2 aliphatic heterocycles. The van der Waals surface area contributed by atoms with Gasteiger partial charge in [0.25, 0.3) is 0 Å². The molecule has 4 nitrogen and oxygen atoms in total. The van der Waals surface area contributed by atoms with Gasteiger partial charge in [-0.2, -0.15) is 0 Å². The monoisotopic (exact) mass is 296 g/mol. The Balaban J connectivity index is 1.45. The van der Waals surface area contributed by atoms with Crippen LogP contribution in [0.2, 0.25) is 0 Å². The van der Waals surface area contributed by atoms with Crippen LogP contribution in [0.4, 0.5) is 0 Å². The van der Waals surface area contributed by atoms with Crippen LogP contribution in [-0.2, 0) is 4.79 Å². The van der Waals surface area contributed by atoms with Gasteiger partial charge in [0, 0.05) is 0 Å². The lowest BCUT2D eigenvalue weighted by atomic mass is 9.89. The van der Waals surface area contributed by atoms with Crippen molar-refractivity contribution in [2.24, 2.45) is 11.8 Å². The van der Waals surface area contributed by atoms with Gasteiger partial charge in [0.2, 0.25) is 0 Å². The molecule has 2 N–H and O–H groups in total. The van der Waals surface area contributed by atoms with Crippen LogP contribution in [0, 0.1) is 11.8 Å². The van der Waals surface area contributed by atoms with Crippen molar-refractivity contribution >= 4 is 5.97 Å². The first kappa shape index (κ1) is 16.8. The van der Waals surface area contributed by atoms with E-state index in [9.17, 15) is 4.79 Å². The molecule has 122 valence electrons. The summed E-state index contributed by atoms with van der Waals surface area (Å²) in [5.74, 6) is 1.13. The quantitative estimate of drug-likeness (QED) is 0.676. The van der Waals surface area contributed by atoms with Crippen molar-refractivity contribution in [1.82, 2.24) is 10.2 Å². The molecule has 0 amide bonds. The van der Waals surface area contributed by atoms with E-state index in [4.69, 9.17) is 5.11 Å². The average molecular weight is 296 g/mol. The molecule has 0 aromatic rings. The number of piperidine rings is 2. The lowest BCUT2D eigenvalue weighted by molar-refractivity contribution is -0.138. The average Bonchev–Trinajstić information content (AvgIpc) is 2.49. The normalized spacial score (nSPS) is 22.5. The smallest absolute Gasteiger partial charge is 0.317 e. The first-order chi connectivity index (χ1) is 10.2. The highest BCUT2D eigenvalue weighted by atomic mass is 16.4. The van der Waals surface area contributed by atoms with Crippen LogP contribution < -0.4 is 5.32 Å². The zero-order valence-corrected chi connectivity index (χ0v) is 13.4. The predicted molar refractivity (Wildman–Crippen MR) is 85.5 cm³/mol. The Labute approximate surface area is 129 Å². The summed E-state index contributed by atoms with van der Waals surface area (Å²) in [5, 5.41) is 12.2. The summed E-state index contributed by atoms with van der Waals surface area (Å²) in [6.07, 6.45) is 12.1. The lowest BCUT2D eigenvalue weighted by Crippen LogP contribution is -2.37. The van der Waals surface area contributed by atoms with Crippen LogP contribution in [0.15, 0.2) is 0 Å². The SMILES string of the molecule is O=C(O)CN1CCC(CCCCCC2CCNCC2)CC1. The van der Waals surface area contributed by atoms with Crippen LogP contribution in [0.25, 0.3) is 0 Å². The standard InChI is InChI=1S/C17H32N2O2/c20-17(21)14-19-12-8-16(9-13-19)5-3-1-2-4-15-6-10-18-11-7-15/h15-16,18H,1-14H2,(H,20,21). The molecule has 0 unspecified atom stereocenters. The van der Waals surface area contributed by atoms with Gasteiger partial charge >= 0.3 is 5.97 Å². The Morgan fingerprint density at radius 2 is 1.52 bits per heavy atom. The van der Waals surface area contributed by atoms with Crippen molar-refractivity contribution in [3.8, 4) is 0 Å². The van der Waals surface area contributed by atoms with E-state index in [0.717, 1.165) is 24.9 Å². The van der Waals surface area contributed by atoms with E-state index in [1.54, 1.807) is 0 Å². The van der Waals surface area contributed by atoms with Crippen LogP contribution in [0.3, 0.4) is 0 Å². The van der Waals surface area contributed by atoms with Crippen LogP contribution in [0.1, 0.15) is 57.8 Å². The van der Waals surface area contributed by atoms with Gasteiger partial charge in [-0.3, -0.25) is 9.69 Å². The number of carbonyl (C=O) groups is 1. The Bertz CT molecular complexity index is 295. The van der Waals surface area contributed by atoms with Crippen molar-refractivity contribution in [1.29, 1.82) is 0 Å². The number of aliphatic carboxylic acids is 1. The third-order valence-corrected chi connectivity index (χ3v) is 5.25. The minimum atomic E-state index is -0.689. The molecule has 0 saturated carbocycles. The number of nitrogens with zero attached hydrogens (tertiary/aromatic N) is 1. The van der Waals surface area contributed by atoms with Gasteiger partial charge < -0.3 is 10.4 Å². The molecule has 2 saturated heterocycles. The molecule has 2 heterocycles. The minimum absolute atomic E-state index is 0.225. The van der Waals surface area contributed by atoms with E-state index >= 15 is 0 Å². The van der Waals surface area contributed by atoms with Crippen molar-refractivity contribution in [2.75, 3.05) is 32.7 Å². The maximum atomic E-state index is 10.7. The van der Waals surface area contributed by atoms with E-state index in [0.29, 0.717) is 0 Å². The molecule has 0 atom stereocenters. The third kappa shape index (κ3) is 6.79. The van der Waals surface area contributed by atoms with Gasteiger partial charge in [-0.15, -0.1) is 0 Å². The maximum absolute atomic E-state index is 10.7. The number of nitrogens with one attached hydrogen (secondary N) is 1. The van der Waals surface area contributed by atoms with Crippen molar-refractivity contribution < 1.29 is 9.90 Å². The van der Waals surface area contributed by atoms with E-state index in [2.05, 4.69) is 10.2 Å². The highest BCUT2D eigenvalue weighted by Gasteiger charge is 2.20. The molecule has 0 aliphatic carbocycles. The fraction of sp³-hybridized carbons (Fsp3) is 0.941. The highest BCUT2D eigenvalue weighted by Crippen LogP contribution is 2.24. The summed E-state index contributed by atoms with van der Waals surface area (Å²) >= 11 is 0. The number of carboxylic acid groups (broad SMARTS) is 1. The summed E-state index contributed by atoms with van der Waals surface area (Å²) in [5.41, 5.74) is 0. The molecule has 2 fully saturated rings. The molecule has 4 heteroatoms. The lowest BCUT2D eigenvalue weighted by Gasteiger charge is -2.30. The van der Waals surface area contributed by atoms with Crippen LogP contribution in [-0.4, -0.2) is 48.7 Å². The zero-order chi connectivity index (χ0) is 14.9. The Hall–Kier alpha value is -0.610. The van der Waals surface area contributed by atoms with Crippen molar-refractivity contribution in [3.63, 3.8) is 0 Å². The molecule has 0 aromatic carbocycles. The molecule has 2 aliphatic rings. The third-order valence-electron chi connectivity index (χ3n) is 5.25. The fourth-order valence-corrected chi connectivity index (χ4v) is 3.84. The molecule has 21 heavy (non-hydrogen) atoms. The number of likely N-dealkylation sites (tertiary alicyclic amines) is 1. The van der Waals surface area contributed by atoms with E-state index in [-0.39, 0.29) is 6.54 Å². The highest BCUT2D eigenvalue weighted by molar-refractivity contribution is 5.69. The molecule has 2 rings (SSSR count). The molecule has 0 radical (unpaired) electrons. The Morgan fingerprint density at radius 1 is 0.952 bits per heavy atom. The van der Waals surface area contributed by atoms with Gasteiger partial charge in [-0.05, 0) is 63.7 Å². The van der Waals surface area contributed by atoms with Crippen LogP contribution in [0.5, 0.6) is 0 Å². The van der Waals surface area contributed by atoms with E-state index < -0.39 is 5.97 Å². The van der Waals surface area contributed by atoms with E-state index in [1.807, 2.05) is 0 Å². The second kappa shape index (κ2) is 9.42. The molecule has 0 bridgehead atoms. The van der Waals surface area contributed by atoms with Gasteiger partial charge in [0.05, 0.1) is 6.54 Å². The van der Waals surface area contributed by atoms with E-state index in [1.165, 1.54) is 70.9 Å². The first-order valence-electron chi connectivity index (χ1n) is 8.89. The molecular formula is C17H32N2O2. The minimum Gasteiger partial charge on any atom is -0.480 e. The number of carboxylic acids is 1. The van der Waals surface area contributed by atoms with Gasteiger partial charge in [-0.1, -0.05) is 32.1 Å². The van der Waals surface area contributed by atoms with Gasteiger partial charge in [-0.25, -0.2) is 0 Å². The molecular weight excluding hydrogens is 264 g/mol.